The van der Waals surface area contributed by atoms with Crippen molar-refractivity contribution in [1.82, 2.24) is 9.55 Å². The summed E-state index contributed by atoms with van der Waals surface area (Å²) in [6, 6.07) is 18.4. The number of nitrogens with zero attached hydrogens (tertiary/aromatic N) is 3. The van der Waals surface area contributed by atoms with Crippen LogP contribution in [0.15, 0.2) is 73.3 Å². The van der Waals surface area contributed by atoms with Gasteiger partial charge < -0.3 is 4.57 Å². The monoisotopic (exact) mass is 292 g/mol. The first-order valence-corrected chi connectivity index (χ1v) is 7.13. The Bertz CT molecular complexity index is 732. The van der Waals surface area contributed by atoms with Gasteiger partial charge in [0.25, 0.3) is 5.69 Å². The van der Waals surface area contributed by atoms with Crippen LogP contribution in [-0.4, -0.2) is 27.6 Å². The Morgan fingerprint density at radius 3 is 2.50 bits per heavy atom. The van der Waals surface area contributed by atoms with E-state index < -0.39 is 0 Å². The molecular formula is C18H18N3O+. The molecule has 3 rings (SSSR count). The van der Waals surface area contributed by atoms with Crippen molar-refractivity contribution in [2.75, 3.05) is 7.11 Å². The fourth-order valence-corrected chi connectivity index (χ4v) is 2.25. The van der Waals surface area contributed by atoms with Crippen LogP contribution >= 0.6 is 0 Å². The molecule has 2 aromatic carbocycles. The Morgan fingerprint density at radius 1 is 1.09 bits per heavy atom. The van der Waals surface area contributed by atoms with E-state index in [0.717, 1.165) is 17.8 Å². The minimum atomic E-state index is 0.815. The second kappa shape index (κ2) is 6.72. The molecule has 0 N–H and O–H groups in total. The lowest BCUT2D eigenvalue weighted by molar-refractivity contribution is -0.716. The Kier molecular flexibility index (Phi) is 4.30. The van der Waals surface area contributed by atoms with E-state index in [1.807, 2.05) is 53.6 Å². The molecule has 4 nitrogen and oxygen atoms in total. The SMILES string of the molecule is CO[N+](=Cc1ccccc1)c1ccc(Cn2ccnc2)cc1. The maximum absolute atomic E-state index is 5.45. The van der Waals surface area contributed by atoms with Crippen molar-refractivity contribution in [1.29, 1.82) is 0 Å². The first kappa shape index (κ1) is 14.1. The summed E-state index contributed by atoms with van der Waals surface area (Å²) in [5.41, 5.74) is 3.30. The molecule has 1 aromatic heterocycles. The van der Waals surface area contributed by atoms with Gasteiger partial charge in [0.05, 0.1) is 6.33 Å². The van der Waals surface area contributed by atoms with Crippen LogP contribution in [0.4, 0.5) is 5.69 Å². The highest BCUT2D eigenvalue weighted by Gasteiger charge is 2.10. The van der Waals surface area contributed by atoms with Crippen molar-refractivity contribution in [3.05, 3.63) is 84.4 Å². The molecule has 0 aliphatic carbocycles. The van der Waals surface area contributed by atoms with E-state index in [2.05, 4.69) is 29.2 Å². The molecule has 3 aromatic rings. The van der Waals surface area contributed by atoms with Crippen LogP contribution < -0.4 is 0 Å². The number of hydrogen-bond acceptors (Lipinski definition) is 2. The lowest BCUT2D eigenvalue weighted by Crippen LogP contribution is -2.06. The van der Waals surface area contributed by atoms with E-state index in [-0.39, 0.29) is 0 Å². The largest absolute Gasteiger partial charge is 0.333 e. The standard InChI is InChI=1S/C18H18N3O/c1-22-21(14-16-5-3-2-4-6-16)18-9-7-17(8-10-18)13-20-12-11-19-15-20/h2-12,14-15H,13H2,1H3/q+1. The third-order valence-electron chi connectivity index (χ3n) is 3.38. The van der Waals surface area contributed by atoms with Crippen molar-refractivity contribution in [2.45, 2.75) is 6.54 Å². The highest BCUT2D eigenvalue weighted by molar-refractivity contribution is 5.76. The van der Waals surface area contributed by atoms with Crippen molar-refractivity contribution < 1.29 is 9.58 Å². The van der Waals surface area contributed by atoms with E-state index in [9.17, 15) is 0 Å². The van der Waals surface area contributed by atoms with Crippen molar-refractivity contribution in [3.8, 4) is 0 Å². The molecule has 0 saturated heterocycles. The first-order valence-electron chi connectivity index (χ1n) is 7.13. The van der Waals surface area contributed by atoms with E-state index in [4.69, 9.17) is 4.84 Å². The molecule has 0 aliphatic heterocycles. The predicted octanol–water partition coefficient (Wildman–Crippen LogP) is 3.26. The van der Waals surface area contributed by atoms with Crippen molar-refractivity contribution in [2.24, 2.45) is 0 Å². The van der Waals surface area contributed by atoms with Gasteiger partial charge in [-0.1, -0.05) is 30.3 Å². The Labute approximate surface area is 129 Å². The summed E-state index contributed by atoms with van der Waals surface area (Å²) in [5.74, 6) is 0. The summed E-state index contributed by atoms with van der Waals surface area (Å²) < 4.78 is 3.80. The van der Waals surface area contributed by atoms with Crippen molar-refractivity contribution >= 4 is 11.9 Å². The summed E-state index contributed by atoms with van der Waals surface area (Å²) in [7, 11) is 1.67. The average Bonchev–Trinajstić information content (AvgIpc) is 3.07. The van der Waals surface area contributed by atoms with Crippen molar-refractivity contribution in [3.63, 3.8) is 0 Å². The fraction of sp³-hybridized carbons (Fsp3) is 0.111. The fourth-order valence-electron chi connectivity index (χ4n) is 2.25. The summed E-state index contributed by atoms with van der Waals surface area (Å²) in [6.07, 6.45) is 7.53. The van der Waals surface area contributed by atoms with Gasteiger partial charge in [0, 0.05) is 41.4 Å². The molecule has 0 amide bonds. The Morgan fingerprint density at radius 2 is 1.86 bits per heavy atom. The van der Waals surface area contributed by atoms with Crippen LogP contribution in [0.25, 0.3) is 0 Å². The van der Waals surface area contributed by atoms with Crippen LogP contribution in [-0.2, 0) is 11.4 Å². The van der Waals surface area contributed by atoms with Gasteiger partial charge >= 0.3 is 0 Å². The number of hydrogen-bond donors (Lipinski definition) is 0. The topological polar surface area (TPSA) is 30.1 Å². The smallest absolute Gasteiger partial charge is 0.257 e. The number of aromatic nitrogens is 2. The molecule has 0 atom stereocenters. The molecule has 4 heteroatoms. The van der Waals surface area contributed by atoms with E-state index in [1.165, 1.54) is 5.56 Å². The molecule has 22 heavy (non-hydrogen) atoms. The summed E-state index contributed by atoms with van der Waals surface area (Å²) >= 11 is 0. The predicted molar refractivity (Wildman–Crippen MR) is 86.3 cm³/mol. The quantitative estimate of drug-likeness (QED) is 0.410. The molecule has 0 radical (unpaired) electrons. The zero-order chi connectivity index (χ0) is 15.2. The van der Waals surface area contributed by atoms with Crippen LogP contribution in [0, 0.1) is 0 Å². The third-order valence-corrected chi connectivity index (χ3v) is 3.38. The maximum atomic E-state index is 5.45. The first-order chi connectivity index (χ1) is 10.8. The lowest BCUT2D eigenvalue weighted by Gasteiger charge is -2.03. The normalized spacial score (nSPS) is 11.4. The summed E-state index contributed by atoms with van der Waals surface area (Å²) in [4.78, 5) is 9.50. The number of imidazole rings is 1. The van der Waals surface area contributed by atoms with Gasteiger partial charge in [0.15, 0.2) is 0 Å². The molecular weight excluding hydrogens is 274 g/mol. The average molecular weight is 292 g/mol. The highest BCUT2D eigenvalue weighted by atomic mass is 16.7. The lowest BCUT2D eigenvalue weighted by atomic mass is 10.2. The van der Waals surface area contributed by atoms with E-state index in [0.29, 0.717) is 0 Å². The number of benzene rings is 2. The van der Waals surface area contributed by atoms with Crippen LogP contribution in [0.5, 0.6) is 0 Å². The highest BCUT2D eigenvalue weighted by Crippen LogP contribution is 2.14. The number of rotatable bonds is 5. The molecule has 0 saturated carbocycles. The van der Waals surface area contributed by atoms with Crippen LogP contribution in [0.3, 0.4) is 0 Å². The molecule has 0 spiro atoms. The second-order valence-corrected chi connectivity index (χ2v) is 4.95. The maximum Gasteiger partial charge on any atom is 0.257 e. The van der Waals surface area contributed by atoms with Gasteiger partial charge in [0.1, 0.15) is 7.11 Å². The zero-order valence-corrected chi connectivity index (χ0v) is 12.5. The van der Waals surface area contributed by atoms with Gasteiger partial charge in [-0.3, -0.25) is 4.84 Å². The van der Waals surface area contributed by atoms with E-state index >= 15 is 0 Å². The minimum Gasteiger partial charge on any atom is -0.333 e. The van der Waals surface area contributed by atoms with Crippen LogP contribution in [0.2, 0.25) is 0 Å². The Balaban J connectivity index is 1.80. The Hall–Kier alpha value is -2.88. The van der Waals surface area contributed by atoms with Gasteiger partial charge in [-0.15, -0.1) is 0 Å². The minimum absolute atomic E-state index is 0.815. The third kappa shape index (κ3) is 3.41. The molecule has 1 heterocycles. The molecule has 110 valence electrons. The second-order valence-electron chi connectivity index (χ2n) is 4.95. The van der Waals surface area contributed by atoms with Gasteiger partial charge in [0.2, 0.25) is 6.21 Å². The van der Waals surface area contributed by atoms with Gasteiger partial charge in [-0.2, -0.15) is 0 Å². The zero-order valence-electron chi connectivity index (χ0n) is 12.5. The van der Waals surface area contributed by atoms with Gasteiger partial charge in [-0.05, 0) is 17.7 Å². The van der Waals surface area contributed by atoms with E-state index in [1.54, 1.807) is 18.0 Å². The van der Waals surface area contributed by atoms with Crippen LogP contribution in [0.1, 0.15) is 11.1 Å². The summed E-state index contributed by atoms with van der Waals surface area (Å²) in [6.45, 7) is 0.815. The summed E-state index contributed by atoms with van der Waals surface area (Å²) in [5, 5.41) is 0. The molecule has 0 fully saturated rings. The molecule has 0 unspecified atom stereocenters. The molecule has 0 bridgehead atoms. The van der Waals surface area contributed by atoms with Gasteiger partial charge in [-0.25, -0.2) is 4.98 Å². The molecule has 0 aliphatic rings.